The predicted octanol–water partition coefficient (Wildman–Crippen LogP) is 1.90. The van der Waals surface area contributed by atoms with Gasteiger partial charge in [0.2, 0.25) is 0 Å². The number of nitrogens with zero attached hydrogens (tertiary/aromatic N) is 3. The maximum Gasteiger partial charge on any atom is 0.330 e. The van der Waals surface area contributed by atoms with Crippen LogP contribution in [0.2, 0.25) is 0 Å². The van der Waals surface area contributed by atoms with E-state index in [-0.39, 0.29) is 12.6 Å². The van der Waals surface area contributed by atoms with Gasteiger partial charge in [-0.15, -0.1) is 0 Å². The minimum Gasteiger partial charge on any atom is -0.467 e. The van der Waals surface area contributed by atoms with Gasteiger partial charge in [-0.1, -0.05) is 6.92 Å². The molecule has 0 N–H and O–H groups in total. The van der Waals surface area contributed by atoms with E-state index in [0.717, 1.165) is 0 Å². The molecule has 0 unspecified atom stereocenters. The van der Waals surface area contributed by atoms with Gasteiger partial charge < -0.3 is 14.1 Å². The Bertz CT molecular complexity index is 577. The zero-order valence-electron chi connectivity index (χ0n) is 11.9. The molecule has 0 aliphatic rings. The van der Waals surface area contributed by atoms with Crippen molar-refractivity contribution in [2.75, 3.05) is 7.11 Å². The molecule has 0 spiro atoms. The number of amides is 1. The third-order valence-electron chi connectivity index (χ3n) is 3.11. The van der Waals surface area contributed by atoms with Crippen LogP contribution in [0.25, 0.3) is 0 Å². The molecule has 2 heterocycles. The summed E-state index contributed by atoms with van der Waals surface area (Å²) in [7, 11) is 1.30. The molecule has 0 aliphatic heterocycles. The van der Waals surface area contributed by atoms with E-state index in [0.29, 0.717) is 12.2 Å². The van der Waals surface area contributed by atoms with Crippen molar-refractivity contribution in [2.45, 2.75) is 25.9 Å². The van der Waals surface area contributed by atoms with E-state index in [2.05, 4.69) is 4.98 Å². The van der Waals surface area contributed by atoms with Crippen LogP contribution in [-0.2, 0) is 16.1 Å². The summed E-state index contributed by atoms with van der Waals surface area (Å²) in [6.45, 7) is 2.00. The predicted molar refractivity (Wildman–Crippen MR) is 73.4 cm³/mol. The molecule has 2 aromatic rings. The number of methoxy groups -OCH3 is 1. The molecule has 0 saturated heterocycles. The highest BCUT2D eigenvalue weighted by Crippen LogP contribution is 2.14. The average molecular weight is 291 g/mol. The standard InChI is InChI=1S/C14H17N3O4/c1-3-12(13(18)20-2)17(9-11-5-4-8-21-11)14(19)16-7-6-15-10-16/h4-8,10,12H,3,9H2,1-2H3/t12-/m1/s1. The van der Waals surface area contributed by atoms with Crippen LogP contribution in [0, 0.1) is 0 Å². The lowest BCUT2D eigenvalue weighted by atomic mass is 10.2. The zero-order valence-corrected chi connectivity index (χ0v) is 11.9. The second kappa shape index (κ2) is 6.74. The van der Waals surface area contributed by atoms with Gasteiger partial charge in [-0.25, -0.2) is 14.6 Å². The van der Waals surface area contributed by atoms with Gasteiger partial charge in [0.25, 0.3) is 0 Å². The zero-order chi connectivity index (χ0) is 15.2. The molecule has 0 saturated carbocycles. The molecular formula is C14H17N3O4. The van der Waals surface area contributed by atoms with Crippen LogP contribution < -0.4 is 0 Å². The van der Waals surface area contributed by atoms with Crippen molar-refractivity contribution in [3.05, 3.63) is 42.9 Å². The summed E-state index contributed by atoms with van der Waals surface area (Å²) >= 11 is 0. The lowest BCUT2D eigenvalue weighted by Crippen LogP contribution is -2.46. The van der Waals surface area contributed by atoms with Crippen LogP contribution in [0.3, 0.4) is 0 Å². The number of furan rings is 1. The van der Waals surface area contributed by atoms with Crippen molar-refractivity contribution in [1.82, 2.24) is 14.5 Å². The van der Waals surface area contributed by atoms with Gasteiger partial charge >= 0.3 is 12.0 Å². The molecule has 0 radical (unpaired) electrons. The molecule has 1 atom stereocenters. The number of ether oxygens (including phenoxy) is 1. The molecule has 0 bridgehead atoms. The third-order valence-corrected chi connectivity index (χ3v) is 3.11. The fourth-order valence-corrected chi connectivity index (χ4v) is 2.05. The summed E-state index contributed by atoms with van der Waals surface area (Å²) in [6.07, 6.45) is 6.38. The monoisotopic (exact) mass is 291 g/mol. The largest absolute Gasteiger partial charge is 0.467 e. The van der Waals surface area contributed by atoms with E-state index in [4.69, 9.17) is 9.15 Å². The smallest absolute Gasteiger partial charge is 0.330 e. The molecule has 7 heteroatoms. The summed E-state index contributed by atoms with van der Waals surface area (Å²) in [5, 5.41) is 0. The Labute approximate surface area is 122 Å². The number of imidazole rings is 1. The lowest BCUT2D eigenvalue weighted by Gasteiger charge is -2.28. The Hall–Kier alpha value is -2.57. The van der Waals surface area contributed by atoms with Crippen molar-refractivity contribution < 1.29 is 18.7 Å². The van der Waals surface area contributed by atoms with E-state index < -0.39 is 12.0 Å². The van der Waals surface area contributed by atoms with E-state index in [9.17, 15) is 9.59 Å². The molecule has 2 aromatic heterocycles. The second-order valence-corrected chi connectivity index (χ2v) is 4.41. The fourth-order valence-electron chi connectivity index (χ4n) is 2.05. The first-order valence-electron chi connectivity index (χ1n) is 6.56. The molecule has 2 rings (SSSR count). The quantitative estimate of drug-likeness (QED) is 0.786. The topological polar surface area (TPSA) is 77.6 Å². The Morgan fingerprint density at radius 1 is 1.52 bits per heavy atom. The highest BCUT2D eigenvalue weighted by atomic mass is 16.5. The number of rotatable bonds is 5. The minimum atomic E-state index is -0.685. The molecule has 0 aromatic carbocycles. The Morgan fingerprint density at radius 3 is 2.86 bits per heavy atom. The van der Waals surface area contributed by atoms with Crippen LogP contribution >= 0.6 is 0 Å². The fraction of sp³-hybridized carbons (Fsp3) is 0.357. The molecular weight excluding hydrogens is 274 g/mol. The maximum absolute atomic E-state index is 12.6. The highest BCUT2D eigenvalue weighted by molar-refractivity contribution is 5.84. The summed E-state index contributed by atoms with van der Waals surface area (Å²) in [5.41, 5.74) is 0. The average Bonchev–Trinajstić information content (AvgIpc) is 3.19. The van der Waals surface area contributed by atoms with Crippen LogP contribution in [0.4, 0.5) is 4.79 Å². The van der Waals surface area contributed by atoms with Crippen molar-refractivity contribution in [1.29, 1.82) is 0 Å². The normalized spacial score (nSPS) is 11.9. The van der Waals surface area contributed by atoms with Crippen LogP contribution in [0.5, 0.6) is 0 Å². The lowest BCUT2D eigenvalue weighted by molar-refractivity contribution is -0.146. The molecule has 7 nitrogen and oxygen atoms in total. The second-order valence-electron chi connectivity index (χ2n) is 4.41. The number of carbonyl (C=O) groups is 2. The number of hydrogen-bond donors (Lipinski definition) is 0. The number of esters is 1. The minimum absolute atomic E-state index is 0.178. The van der Waals surface area contributed by atoms with Gasteiger partial charge in [-0.3, -0.25) is 4.57 Å². The SMILES string of the molecule is CC[C@H](C(=O)OC)N(Cc1ccco1)C(=O)n1ccnc1. The Kier molecular flexibility index (Phi) is 4.76. The van der Waals surface area contributed by atoms with Crippen molar-refractivity contribution in [3.8, 4) is 0 Å². The first-order valence-corrected chi connectivity index (χ1v) is 6.56. The van der Waals surface area contributed by atoms with Gasteiger partial charge in [0, 0.05) is 12.4 Å². The summed E-state index contributed by atoms with van der Waals surface area (Å²) in [5.74, 6) is 0.128. The molecule has 0 aliphatic carbocycles. The number of hydrogen-bond acceptors (Lipinski definition) is 5. The molecule has 21 heavy (non-hydrogen) atoms. The first kappa shape index (κ1) is 14.8. The molecule has 1 amide bonds. The number of carbonyl (C=O) groups excluding carboxylic acids is 2. The van der Waals surface area contributed by atoms with Gasteiger partial charge in [-0.05, 0) is 18.6 Å². The van der Waals surface area contributed by atoms with Gasteiger partial charge in [0.05, 0.1) is 19.9 Å². The molecule has 112 valence electrons. The van der Waals surface area contributed by atoms with Crippen molar-refractivity contribution >= 4 is 12.0 Å². The maximum atomic E-state index is 12.6. The van der Waals surface area contributed by atoms with E-state index in [1.54, 1.807) is 12.1 Å². The van der Waals surface area contributed by atoms with Crippen LogP contribution in [0.15, 0.2) is 41.5 Å². The van der Waals surface area contributed by atoms with Gasteiger partial charge in [-0.2, -0.15) is 0 Å². The van der Waals surface area contributed by atoms with Crippen molar-refractivity contribution in [2.24, 2.45) is 0 Å². The first-order chi connectivity index (χ1) is 10.2. The Balaban J connectivity index is 2.28. The van der Waals surface area contributed by atoms with Gasteiger partial charge in [0.1, 0.15) is 18.1 Å². The number of aromatic nitrogens is 2. The van der Waals surface area contributed by atoms with E-state index >= 15 is 0 Å². The van der Waals surface area contributed by atoms with Crippen LogP contribution in [-0.4, -0.2) is 39.6 Å². The molecule has 0 fully saturated rings. The van der Waals surface area contributed by atoms with Crippen molar-refractivity contribution in [3.63, 3.8) is 0 Å². The van der Waals surface area contributed by atoms with Gasteiger partial charge in [0.15, 0.2) is 0 Å². The summed E-state index contributed by atoms with van der Waals surface area (Å²) < 4.78 is 11.4. The Morgan fingerprint density at radius 2 is 2.33 bits per heavy atom. The van der Waals surface area contributed by atoms with Crippen LogP contribution in [0.1, 0.15) is 19.1 Å². The summed E-state index contributed by atoms with van der Waals surface area (Å²) in [4.78, 5) is 29.7. The summed E-state index contributed by atoms with van der Waals surface area (Å²) in [6, 6.07) is 2.43. The van der Waals surface area contributed by atoms with E-state index in [1.165, 1.54) is 41.6 Å². The van der Waals surface area contributed by atoms with E-state index in [1.807, 2.05) is 6.92 Å². The highest BCUT2D eigenvalue weighted by Gasteiger charge is 2.30. The third kappa shape index (κ3) is 3.31.